The highest BCUT2D eigenvalue weighted by Gasteiger charge is 2.12. The average molecular weight is 405 g/mol. The van der Waals surface area contributed by atoms with Crippen LogP contribution in [0.25, 0.3) is 26.4 Å². The molecule has 0 bridgehead atoms. The normalized spacial score (nSPS) is 11.3. The number of thiazole rings is 2. The monoisotopic (exact) mass is 404 g/mol. The third-order valence-electron chi connectivity index (χ3n) is 4.50. The van der Waals surface area contributed by atoms with Crippen molar-refractivity contribution in [3.63, 3.8) is 0 Å². The summed E-state index contributed by atoms with van der Waals surface area (Å²) in [5.41, 5.74) is 4.05. The Morgan fingerprint density at radius 2 is 1.86 bits per heavy atom. The first-order valence-electron chi connectivity index (χ1n) is 8.92. The number of carbonyl (C=O) groups excluding carboxylic acids is 1. The molecule has 0 aliphatic carbocycles. The van der Waals surface area contributed by atoms with Crippen LogP contribution in [0.3, 0.4) is 0 Å². The number of amides is 1. The SMILES string of the molecule is O=C(CCc1csc2nc(-c3ccccc3)cn12)Nc1nc2ccccc2s1. The Bertz CT molecular complexity index is 1240. The van der Waals surface area contributed by atoms with Crippen molar-refractivity contribution in [1.29, 1.82) is 0 Å². The van der Waals surface area contributed by atoms with Gasteiger partial charge in [0.25, 0.3) is 0 Å². The topological polar surface area (TPSA) is 59.3 Å². The molecule has 0 fully saturated rings. The predicted octanol–water partition coefficient (Wildman–Crippen LogP) is 5.24. The van der Waals surface area contributed by atoms with Gasteiger partial charge in [-0.1, -0.05) is 53.8 Å². The smallest absolute Gasteiger partial charge is 0.226 e. The van der Waals surface area contributed by atoms with Crippen LogP contribution in [0.5, 0.6) is 0 Å². The van der Waals surface area contributed by atoms with Gasteiger partial charge in [0, 0.05) is 29.3 Å². The molecule has 5 nitrogen and oxygen atoms in total. The molecule has 0 aliphatic heterocycles. The molecular formula is C21H16N4OS2. The molecule has 7 heteroatoms. The van der Waals surface area contributed by atoms with Crippen LogP contribution in [-0.4, -0.2) is 20.3 Å². The second-order valence-corrected chi connectivity index (χ2v) is 8.27. The highest BCUT2D eigenvalue weighted by molar-refractivity contribution is 7.22. The summed E-state index contributed by atoms with van der Waals surface area (Å²) in [6.07, 6.45) is 3.10. The minimum absolute atomic E-state index is 0.0261. The summed E-state index contributed by atoms with van der Waals surface area (Å²) in [5.74, 6) is -0.0261. The fourth-order valence-corrected chi connectivity index (χ4v) is 4.90. The first-order valence-corrected chi connectivity index (χ1v) is 10.6. The fourth-order valence-electron chi connectivity index (χ4n) is 3.11. The Balaban J connectivity index is 1.29. The van der Waals surface area contributed by atoms with Gasteiger partial charge < -0.3 is 5.32 Å². The number of hydrogen-bond donors (Lipinski definition) is 1. The Morgan fingerprint density at radius 3 is 2.71 bits per heavy atom. The molecule has 0 unspecified atom stereocenters. The summed E-state index contributed by atoms with van der Waals surface area (Å²) in [6.45, 7) is 0. The molecule has 0 radical (unpaired) electrons. The number of aryl methyl sites for hydroxylation is 1. The number of nitrogens with one attached hydrogen (secondary N) is 1. The van der Waals surface area contributed by atoms with Crippen LogP contribution < -0.4 is 5.32 Å². The molecule has 1 amide bonds. The van der Waals surface area contributed by atoms with Gasteiger partial charge in [-0.15, -0.1) is 11.3 Å². The third-order valence-corrected chi connectivity index (χ3v) is 6.34. The first-order chi connectivity index (χ1) is 13.8. The molecule has 0 spiro atoms. The number of anilines is 1. The molecule has 5 aromatic rings. The third kappa shape index (κ3) is 3.30. The van der Waals surface area contributed by atoms with E-state index in [1.165, 1.54) is 11.3 Å². The van der Waals surface area contributed by atoms with E-state index in [1.807, 2.05) is 48.7 Å². The van der Waals surface area contributed by atoms with E-state index in [4.69, 9.17) is 4.98 Å². The summed E-state index contributed by atoms with van der Waals surface area (Å²) in [7, 11) is 0. The van der Waals surface area contributed by atoms with E-state index in [0.717, 1.165) is 32.1 Å². The number of benzene rings is 2. The average Bonchev–Trinajstić information content (AvgIpc) is 3.41. The van der Waals surface area contributed by atoms with Crippen molar-refractivity contribution in [2.24, 2.45) is 0 Å². The minimum Gasteiger partial charge on any atom is -0.302 e. The van der Waals surface area contributed by atoms with Crippen molar-refractivity contribution in [3.05, 3.63) is 71.9 Å². The van der Waals surface area contributed by atoms with Gasteiger partial charge in [-0.2, -0.15) is 0 Å². The van der Waals surface area contributed by atoms with Crippen LogP contribution in [0.15, 0.2) is 66.2 Å². The van der Waals surface area contributed by atoms with E-state index in [2.05, 4.69) is 32.2 Å². The van der Waals surface area contributed by atoms with Gasteiger partial charge in [0.1, 0.15) is 0 Å². The zero-order valence-electron chi connectivity index (χ0n) is 14.8. The van der Waals surface area contributed by atoms with Gasteiger partial charge >= 0.3 is 0 Å². The lowest BCUT2D eigenvalue weighted by Gasteiger charge is -2.01. The standard InChI is InChI=1S/C21H16N4OS2/c26-19(24-20-22-16-8-4-5-9-18(16)28-20)11-10-15-13-27-21-23-17(12-25(15)21)14-6-2-1-3-7-14/h1-9,12-13H,10-11H2,(H,22,24,26). The van der Waals surface area contributed by atoms with Gasteiger partial charge in [-0.05, 0) is 18.6 Å². The molecule has 28 heavy (non-hydrogen) atoms. The largest absolute Gasteiger partial charge is 0.302 e. The van der Waals surface area contributed by atoms with E-state index < -0.39 is 0 Å². The number of carbonyl (C=O) groups is 1. The number of hydrogen-bond acceptors (Lipinski definition) is 5. The van der Waals surface area contributed by atoms with Crippen molar-refractivity contribution in [3.8, 4) is 11.3 Å². The molecule has 0 atom stereocenters. The number of nitrogens with zero attached hydrogens (tertiary/aromatic N) is 3. The highest BCUT2D eigenvalue weighted by atomic mass is 32.1. The second kappa shape index (κ2) is 7.18. The van der Waals surface area contributed by atoms with Crippen LogP contribution in [-0.2, 0) is 11.2 Å². The summed E-state index contributed by atoms with van der Waals surface area (Å²) >= 11 is 3.09. The maximum Gasteiger partial charge on any atom is 0.226 e. The molecule has 0 saturated carbocycles. The van der Waals surface area contributed by atoms with Gasteiger partial charge in [0.15, 0.2) is 10.1 Å². The van der Waals surface area contributed by atoms with Crippen molar-refractivity contribution < 1.29 is 4.79 Å². The summed E-state index contributed by atoms with van der Waals surface area (Å²) in [6, 6.07) is 18.0. The minimum atomic E-state index is -0.0261. The van der Waals surface area contributed by atoms with E-state index in [1.54, 1.807) is 11.3 Å². The lowest BCUT2D eigenvalue weighted by molar-refractivity contribution is -0.116. The maximum absolute atomic E-state index is 12.4. The number of aromatic nitrogens is 3. The summed E-state index contributed by atoms with van der Waals surface area (Å²) in [5, 5.41) is 5.64. The van der Waals surface area contributed by atoms with Crippen LogP contribution in [0.2, 0.25) is 0 Å². The lowest BCUT2D eigenvalue weighted by Crippen LogP contribution is -2.12. The van der Waals surface area contributed by atoms with Gasteiger partial charge in [-0.3, -0.25) is 9.20 Å². The van der Waals surface area contributed by atoms with E-state index >= 15 is 0 Å². The van der Waals surface area contributed by atoms with E-state index in [9.17, 15) is 4.79 Å². The van der Waals surface area contributed by atoms with Crippen molar-refractivity contribution in [2.75, 3.05) is 5.32 Å². The van der Waals surface area contributed by atoms with Crippen molar-refractivity contribution in [1.82, 2.24) is 14.4 Å². The van der Waals surface area contributed by atoms with Gasteiger partial charge in [-0.25, -0.2) is 9.97 Å². The Labute approximate surface area is 169 Å². The molecule has 3 aromatic heterocycles. The number of fused-ring (bicyclic) bond motifs is 2. The molecule has 2 aromatic carbocycles. The van der Waals surface area contributed by atoms with Gasteiger partial charge in [0.05, 0.1) is 15.9 Å². The van der Waals surface area contributed by atoms with Crippen LogP contribution >= 0.6 is 22.7 Å². The molecule has 138 valence electrons. The molecule has 0 saturated heterocycles. The van der Waals surface area contributed by atoms with Gasteiger partial charge in [0.2, 0.25) is 5.91 Å². The number of rotatable bonds is 5. The van der Waals surface area contributed by atoms with Crippen molar-refractivity contribution >= 4 is 48.9 Å². The van der Waals surface area contributed by atoms with E-state index in [0.29, 0.717) is 18.0 Å². The number of imidazole rings is 1. The zero-order chi connectivity index (χ0) is 18.9. The quantitative estimate of drug-likeness (QED) is 0.436. The van der Waals surface area contributed by atoms with Crippen LogP contribution in [0.4, 0.5) is 5.13 Å². The lowest BCUT2D eigenvalue weighted by atomic mass is 10.2. The second-order valence-electron chi connectivity index (χ2n) is 6.41. The fraction of sp³-hybridized carbons (Fsp3) is 0.0952. The predicted molar refractivity (Wildman–Crippen MR) is 115 cm³/mol. The molecule has 1 N–H and O–H groups in total. The molecular weight excluding hydrogens is 388 g/mol. The first kappa shape index (κ1) is 17.1. The molecule has 0 aliphatic rings. The molecule has 5 rings (SSSR count). The Kier molecular flexibility index (Phi) is 4.38. The molecule has 3 heterocycles. The van der Waals surface area contributed by atoms with Crippen LogP contribution in [0, 0.1) is 0 Å². The summed E-state index contributed by atoms with van der Waals surface area (Å²) < 4.78 is 3.15. The highest BCUT2D eigenvalue weighted by Crippen LogP contribution is 2.26. The zero-order valence-corrected chi connectivity index (χ0v) is 16.5. The Morgan fingerprint density at radius 1 is 1.04 bits per heavy atom. The summed E-state index contributed by atoms with van der Waals surface area (Å²) in [4.78, 5) is 22.5. The maximum atomic E-state index is 12.4. The Hall–Kier alpha value is -3.03. The van der Waals surface area contributed by atoms with E-state index in [-0.39, 0.29) is 5.91 Å². The number of para-hydroxylation sites is 1. The van der Waals surface area contributed by atoms with Crippen LogP contribution in [0.1, 0.15) is 12.1 Å². The van der Waals surface area contributed by atoms with Crippen molar-refractivity contribution in [2.45, 2.75) is 12.8 Å².